The third kappa shape index (κ3) is 3.02. The summed E-state index contributed by atoms with van der Waals surface area (Å²) in [6.07, 6.45) is 3.41. The highest BCUT2D eigenvalue weighted by atomic mass is 16.4. The molecular weight excluding hydrogens is 232 g/mol. The normalized spacial score (nSPS) is 29.5. The number of rotatable bonds is 3. The van der Waals surface area contributed by atoms with Gasteiger partial charge < -0.3 is 10.0 Å². The molecule has 2 fully saturated rings. The Kier molecular flexibility index (Phi) is 4.22. The predicted molar refractivity (Wildman–Crippen MR) is 67.2 cm³/mol. The van der Waals surface area contributed by atoms with Gasteiger partial charge in [0.25, 0.3) is 0 Å². The first-order chi connectivity index (χ1) is 8.58. The Morgan fingerprint density at radius 1 is 1.17 bits per heavy atom. The van der Waals surface area contributed by atoms with Crippen molar-refractivity contribution < 1.29 is 14.7 Å². The number of aliphatic carboxylic acids is 1. The van der Waals surface area contributed by atoms with Crippen LogP contribution < -0.4 is 0 Å². The number of amides is 1. The van der Waals surface area contributed by atoms with Gasteiger partial charge in [0.15, 0.2) is 0 Å². The summed E-state index contributed by atoms with van der Waals surface area (Å²) in [6.45, 7) is 5.29. The van der Waals surface area contributed by atoms with Crippen LogP contribution in [0.4, 0.5) is 0 Å². The van der Waals surface area contributed by atoms with E-state index >= 15 is 0 Å². The average Bonchev–Trinajstić information content (AvgIpc) is 2.71. The topological polar surface area (TPSA) is 60.9 Å². The average molecular weight is 254 g/mol. The predicted octanol–water partition coefficient (Wildman–Crippen LogP) is 0.651. The molecule has 2 rings (SSSR count). The van der Waals surface area contributed by atoms with Crippen LogP contribution in [-0.2, 0) is 9.59 Å². The second-order valence-electron chi connectivity index (χ2n) is 5.56. The van der Waals surface area contributed by atoms with Crippen LogP contribution in [0.25, 0.3) is 0 Å². The van der Waals surface area contributed by atoms with E-state index in [2.05, 4.69) is 0 Å². The van der Waals surface area contributed by atoms with Crippen LogP contribution in [0.15, 0.2) is 0 Å². The standard InChI is InChI=1S/C13H22N2O3/c1-10-7-14(8-11(10)13(17)18)9-12(16)15-5-3-2-4-6-15/h10-11H,2-9H2,1H3,(H,17,18). The van der Waals surface area contributed by atoms with Crippen molar-refractivity contribution in [3.63, 3.8) is 0 Å². The lowest BCUT2D eigenvalue weighted by atomic mass is 9.99. The molecule has 5 nitrogen and oxygen atoms in total. The molecule has 2 atom stereocenters. The van der Waals surface area contributed by atoms with Gasteiger partial charge in [0, 0.05) is 26.2 Å². The highest BCUT2D eigenvalue weighted by Gasteiger charge is 2.35. The van der Waals surface area contributed by atoms with E-state index in [0.717, 1.165) is 32.5 Å². The molecule has 0 aromatic heterocycles. The molecule has 2 unspecified atom stereocenters. The van der Waals surface area contributed by atoms with Crippen molar-refractivity contribution in [3.8, 4) is 0 Å². The number of carbonyl (C=O) groups excluding carboxylic acids is 1. The molecule has 1 amide bonds. The number of hydrogen-bond donors (Lipinski definition) is 1. The zero-order valence-electron chi connectivity index (χ0n) is 11.0. The summed E-state index contributed by atoms with van der Waals surface area (Å²) in [7, 11) is 0. The second-order valence-corrected chi connectivity index (χ2v) is 5.56. The SMILES string of the molecule is CC1CN(CC(=O)N2CCCCC2)CC1C(=O)O. The molecule has 0 spiro atoms. The summed E-state index contributed by atoms with van der Waals surface area (Å²) < 4.78 is 0. The van der Waals surface area contributed by atoms with E-state index in [1.807, 2.05) is 16.7 Å². The molecule has 0 aliphatic carbocycles. The highest BCUT2D eigenvalue weighted by Crippen LogP contribution is 2.23. The van der Waals surface area contributed by atoms with E-state index in [-0.39, 0.29) is 17.7 Å². The smallest absolute Gasteiger partial charge is 0.308 e. The van der Waals surface area contributed by atoms with Crippen LogP contribution in [0, 0.1) is 11.8 Å². The lowest BCUT2D eigenvalue weighted by Gasteiger charge is -2.28. The Hall–Kier alpha value is -1.10. The van der Waals surface area contributed by atoms with Crippen molar-refractivity contribution in [2.45, 2.75) is 26.2 Å². The van der Waals surface area contributed by atoms with Crippen molar-refractivity contribution in [2.24, 2.45) is 11.8 Å². The van der Waals surface area contributed by atoms with Gasteiger partial charge in [0.1, 0.15) is 0 Å². The molecule has 2 aliphatic rings. The lowest BCUT2D eigenvalue weighted by Crippen LogP contribution is -2.42. The molecule has 0 saturated carbocycles. The molecule has 102 valence electrons. The molecule has 2 heterocycles. The number of hydrogen-bond acceptors (Lipinski definition) is 3. The van der Waals surface area contributed by atoms with E-state index in [9.17, 15) is 9.59 Å². The van der Waals surface area contributed by atoms with Crippen LogP contribution in [0.5, 0.6) is 0 Å². The fraction of sp³-hybridized carbons (Fsp3) is 0.846. The highest BCUT2D eigenvalue weighted by molar-refractivity contribution is 5.78. The van der Waals surface area contributed by atoms with Gasteiger partial charge in [-0.15, -0.1) is 0 Å². The maximum atomic E-state index is 12.1. The molecular formula is C13H22N2O3. The van der Waals surface area contributed by atoms with Gasteiger partial charge in [0.05, 0.1) is 12.5 Å². The summed E-state index contributed by atoms with van der Waals surface area (Å²) in [6, 6.07) is 0. The molecule has 0 aromatic rings. The number of carboxylic acid groups (broad SMARTS) is 1. The third-order valence-corrected chi connectivity index (χ3v) is 4.07. The van der Waals surface area contributed by atoms with Crippen molar-refractivity contribution in [3.05, 3.63) is 0 Å². The zero-order valence-corrected chi connectivity index (χ0v) is 11.0. The van der Waals surface area contributed by atoms with E-state index in [1.54, 1.807) is 0 Å². The van der Waals surface area contributed by atoms with Crippen LogP contribution in [0.2, 0.25) is 0 Å². The molecule has 1 N–H and O–H groups in total. The van der Waals surface area contributed by atoms with Gasteiger partial charge in [-0.2, -0.15) is 0 Å². The molecule has 5 heteroatoms. The second kappa shape index (κ2) is 5.69. The molecule has 2 saturated heterocycles. The van der Waals surface area contributed by atoms with Gasteiger partial charge in [-0.25, -0.2) is 0 Å². The lowest BCUT2D eigenvalue weighted by molar-refractivity contribution is -0.142. The Labute approximate surface area is 108 Å². The molecule has 0 bridgehead atoms. The van der Waals surface area contributed by atoms with Crippen LogP contribution in [-0.4, -0.2) is 59.5 Å². The third-order valence-electron chi connectivity index (χ3n) is 4.07. The minimum absolute atomic E-state index is 0.136. The minimum Gasteiger partial charge on any atom is -0.481 e. The number of carboxylic acids is 1. The van der Waals surface area contributed by atoms with Crippen molar-refractivity contribution in [2.75, 3.05) is 32.7 Å². The van der Waals surface area contributed by atoms with Gasteiger partial charge >= 0.3 is 5.97 Å². The first-order valence-electron chi connectivity index (χ1n) is 6.81. The van der Waals surface area contributed by atoms with Gasteiger partial charge in [-0.3, -0.25) is 14.5 Å². The molecule has 2 aliphatic heterocycles. The van der Waals surface area contributed by atoms with Crippen LogP contribution in [0.3, 0.4) is 0 Å². The van der Waals surface area contributed by atoms with Crippen molar-refractivity contribution in [1.82, 2.24) is 9.80 Å². The summed E-state index contributed by atoms with van der Waals surface area (Å²) in [5.41, 5.74) is 0. The van der Waals surface area contributed by atoms with Gasteiger partial charge in [-0.05, 0) is 25.2 Å². The number of piperidine rings is 1. The fourth-order valence-electron chi connectivity index (χ4n) is 2.95. The number of likely N-dealkylation sites (tertiary alicyclic amines) is 2. The summed E-state index contributed by atoms with van der Waals surface area (Å²) >= 11 is 0. The largest absolute Gasteiger partial charge is 0.481 e. The molecule has 0 radical (unpaired) electrons. The maximum absolute atomic E-state index is 12.1. The fourth-order valence-corrected chi connectivity index (χ4v) is 2.95. The summed E-state index contributed by atoms with van der Waals surface area (Å²) in [5.74, 6) is -0.765. The van der Waals surface area contributed by atoms with E-state index < -0.39 is 5.97 Å². The summed E-state index contributed by atoms with van der Waals surface area (Å²) in [5, 5.41) is 9.06. The summed E-state index contributed by atoms with van der Waals surface area (Å²) in [4.78, 5) is 27.0. The quantitative estimate of drug-likeness (QED) is 0.803. The zero-order chi connectivity index (χ0) is 13.1. The van der Waals surface area contributed by atoms with E-state index in [4.69, 9.17) is 5.11 Å². The monoisotopic (exact) mass is 254 g/mol. The Morgan fingerprint density at radius 2 is 1.83 bits per heavy atom. The molecule has 0 aromatic carbocycles. The van der Waals surface area contributed by atoms with Crippen molar-refractivity contribution in [1.29, 1.82) is 0 Å². The Bertz CT molecular complexity index is 326. The van der Waals surface area contributed by atoms with Gasteiger partial charge in [-0.1, -0.05) is 6.92 Å². The van der Waals surface area contributed by atoms with Gasteiger partial charge in [0.2, 0.25) is 5.91 Å². The Morgan fingerprint density at radius 3 is 2.39 bits per heavy atom. The number of nitrogens with zero attached hydrogens (tertiary/aromatic N) is 2. The van der Waals surface area contributed by atoms with E-state index in [0.29, 0.717) is 13.1 Å². The number of carbonyl (C=O) groups is 2. The first-order valence-corrected chi connectivity index (χ1v) is 6.81. The van der Waals surface area contributed by atoms with Crippen molar-refractivity contribution >= 4 is 11.9 Å². The van der Waals surface area contributed by atoms with Crippen LogP contribution >= 0.6 is 0 Å². The van der Waals surface area contributed by atoms with Crippen LogP contribution in [0.1, 0.15) is 26.2 Å². The Balaban J connectivity index is 1.83. The minimum atomic E-state index is -0.740. The first kappa shape index (κ1) is 13.3. The van der Waals surface area contributed by atoms with E-state index in [1.165, 1.54) is 6.42 Å². The molecule has 18 heavy (non-hydrogen) atoms. The maximum Gasteiger partial charge on any atom is 0.308 e.